The highest BCUT2D eigenvalue weighted by molar-refractivity contribution is 5.95. The standard InChI is InChI=1S/C22H28N2O/c1-3-4-6-15-22(25)24-17(2)16-20(19-13-9-10-14-21(19)24)23-18-11-7-5-8-12-18/h5,7-14,17,20,23H,3-4,6,15-16H2,1-2H3/t17-,20-/m0/s1. The molecule has 25 heavy (non-hydrogen) atoms. The number of carbonyl (C=O) groups is 1. The first-order valence-corrected chi connectivity index (χ1v) is 9.43. The van der Waals surface area contributed by atoms with Crippen LogP contribution in [-0.4, -0.2) is 11.9 Å². The molecule has 3 nitrogen and oxygen atoms in total. The molecule has 2 atom stereocenters. The molecule has 0 aliphatic carbocycles. The van der Waals surface area contributed by atoms with Crippen LogP contribution >= 0.6 is 0 Å². The molecule has 2 aromatic carbocycles. The number of fused-ring (bicyclic) bond motifs is 1. The fourth-order valence-electron chi connectivity index (χ4n) is 3.71. The minimum atomic E-state index is 0.199. The van der Waals surface area contributed by atoms with Gasteiger partial charge in [-0.2, -0.15) is 0 Å². The van der Waals surface area contributed by atoms with Crippen molar-refractivity contribution in [2.75, 3.05) is 10.2 Å². The zero-order valence-electron chi connectivity index (χ0n) is 15.2. The normalized spacial score (nSPS) is 19.4. The van der Waals surface area contributed by atoms with Crippen LogP contribution < -0.4 is 10.2 Å². The molecule has 3 heteroatoms. The van der Waals surface area contributed by atoms with Crippen molar-refractivity contribution in [2.45, 2.75) is 58.0 Å². The minimum absolute atomic E-state index is 0.199. The summed E-state index contributed by atoms with van der Waals surface area (Å²) in [6.45, 7) is 4.33. The Bertz CT molecular complexity index is 698. The van der Waals surface area contributed by atoms with E-state index >= 15 is 0 Å². The fraction of sp³-hybridized carbons (Fsp3) is 0.409. The highest BCUT2D eigenvalue weighted by atomic mass is 16.2. The second kappa shape index (κ2) is 8.19. The molecular formula is C22H28N2O. The molecule has 0 aromatic heterocycles. The third kappa shape index (κ3) is 4.04. The van der Waals surface area contributed by atoms with Crippen molar-refractivity contribution in [3.05, 3.63) is 60.2 Å². The molecule has 0 saturated heterocycles. The summed E-state index contributed by atoms with van der Waals surface area (Å²) in [6, 6.07) is 19.1. The molecule has 0 fully saturated rings. The molecule has 132 valence electrons. The Morgan fingerprint density at radius 2 is 1.80 bits per heavy atom. The Morgan fingerprint density at radius 1 is 1.08 bits per heavy atom. The van der Waals surface area contributed by atoms with Gasteiger partial charge in [0.1, 0.15) is 0 Å². The van der Waals surface area contributed by atoms with Crippen LogP contribution in [0.3, 0.4) is 0 Å². The first kappa shape index (κ1) is 17.5. The van der Waals surface area contributed by atoms with Crippen molar-refractivity contribution in [1.29, 1.82) is 0 Å². The smallest absolute Gasteiger partial charge is 0.227 e. The average molecular weight is 336 g/mol. The summed E-state index contributed by atoms with van der Waals surface area (Å²) in [5.41, 5.74) is 3.40. The van der Waals surface area contributed by atoms with Crippen molar-refractivity contribution in [2.24, 2.45) is 0 Å². The van der Waals surface area contributed by atoms with Gasteiger partial charge in [0, 0.05) is 23.8 Å². The highest BCUT2D eigenvalue weighted by Crippen LogP contribution is 2.39. The van der Waals surface area contributed by atoms with Crippen molar-refractivity contribution in [1.82, 2.24) is 0 Å². The van der Waals surface area contributed by atoms with E-state index in [1.165, 1.54) is 5.56 Å². The van der Waals surface area contributed by atoms with Crippen LogP contribution in [0, 0.1) is 0 Å². The third-order valence-electron chi connectivity index (χ3n) is 4.97. The van der Waals surface area contributed by atoms with E-state index in [1.54, 1.807) is 0 Å². The number of benzene rings is 2. The number of rotatable bonds is 6. The Labute approximate surface area is 151 Å². The maximum atomic E-state index is 12.8. The number of hydrogen-bond acceptors (Lipinski definition) is 2. The largest absolute Gasteiger partial charge is 0.378 e. The molecule has 1 amide bonds. The van der Waals surface area contributed by atoms with E-state index in [0.29, 0.717) is 6.42 Å². The maximum absolute atomic E-state index is 12.8. The summed E-state index contributed by atoms with van der Waals surface area (Å²) in [5, 5.41) is 3.64. The molecule has 1 aliphatic rings. The Morgan fingerprint density at radius 3 is 2.56 bits per heavy atom. The van der Waals surface area contributed by atoms with Crippen molar-refractivity contribution >= 4 is 17.3 Å². The molecule has 1 aliphatic heterocycles. The predicted octanol–water partition coefficient (Wildman–Crippen LogP) is 5.55. The van der Waals surface area contributed by atoms with Gasteiger partial charge in [-0.3, -0.25) is 4.79 Å². The number of nitrogens with zero attached hydrogens (tertiary/aromatic N) is 1. The van der Waals surface area contributed by atoms with Crippen LogP contribution in [0.4, 0.5) is 11.4 Å². The third-order valence-corrected chi connectivity index (χ3v) is 4.97. The quantitative estimate of drug-likeness (QED) is 0.702. The maximum Gasteiger partial charge on any atom is 0.227 e. The van der Waals surface area contributed by atoms with E-state index in [1.807, 2.05) is 29.2 Å². The first-order valence-electron chi connectivity index (χ1n) is 9.43. The summed E-state index contributed by atoms with van der Waals surface area (Å²) >= 11 is 0. The average Bonchev–Trinajstić information content (AvgIpc) is 2.63. The zero-order valence-corrected chi connectivity index (χ0v) is 15.2. The summed E-state index contributed by atoms with van der Waals surface area (Å²) < 4.78 is 0. The first-order chi connectivity index (χ1) is 12.2. The van der Waals surface area contributed by atoms with E-state index in [9.17, 15) is 4.79 Å². The number of hydrogen-bond donors (Lipinski definition) is 1. The molecule has 1 N–H and O–H groups in total. The van der Waals surface area contributed by atoms with E-state index < -0.39 is 0 Å². The van der Waals surface area contributed by atoms with Gasteiger partial charge in [0.25, 0.3) is 0 Å². The number of para-hydroxylation sites is 2. The topological polar surface area (TPSA) is 32.3 Å². The van der Waals surface area contributed by atoms with Crippen LogP contribution in [0.5, 0.6) is 0 Å². The highest BCUT2D eigenvalue weighted by Gasteiger charge is 2.33. The van der Waals surface area contributed by atoms with E-state index in [4.69, 9.17) is 0 Å². The lowest BCUT2D eigenvalue weighted by Crippen LogP contribution is -2.44. The summed E-state index contributed by atoms with van der Waals surface area (Å²) in [4.78, 5) is 14.8. The van der Waals surface area contributed by atoms with E-state index in [-0.39, 0.29) is 18.0 Å². The van der Waals surface area contributed by atoms with Crippen molar-refractivity contribution in [3.8, 4) is 0 Å². The van der Waals surface area contributed by atoms with Gasteiger partial charge in [-0.1, -0.05) is 56.2 Å². The second-order valence-electron chi connectivity index (χ2n) is 6.93. The monoisotopic (exact) mass is 336 g/mol. The lowest BCUT2D eigenvalue weighted by atomic mass is 9.91. The summed E-state index contributed by atoms with van der Waals surface area (Å²) in [5.74, 6) is 0.256. The van der Waals surface area contributed by atoms with Gasteiger partial charge in [-0.25, -0.2) is 0 Å². The Kier molecular flexibility index (Phi) is 5.75. The Hall–Kier alpha value is -2.29. The second-order valence-corrected chi connectivity index (χ2v) is 6.93. The SMILES string of the molecule is CCCCCC(=O)N1c2ccccc2[C@@H](Nc2ccccc2)C[C@@H]1C. The zero-order chi connectivity index (χ0) is 17.6. The lowest BCUT2D eigenvalue weighted by molar-refractivity contribution is -0.119. The van der Waals surface area contributed by atoms with Crippen LogP contribution in [0.1, 0.15) is 57.6 Å². The lowest BCUT2D eigenvalue weighted by Gasteiger charge is -2.40. The number of unbranched alkanes of at least 4 members (excludes halogenated alkanes) is 2. The number of anilines is 2. The fourth-order valence-corrected chi connectivity index (χ4v) is 3.71. The molecule has 1 heterocycles. The van der Waals surface area contributed by atoms with Crippen molar-refractivity contribution in [3.63, 3.8) is 0 Å². The van der Waals surface area contributed by atoms with E-state index in [0.717, 1.165) is 37.1 Å². The number of nitrogens with one attached hydrogen (secondary N) is 1. The van der Waals surface area contributed by atoms with Gasteiger partial charge < -0.3 is 10.2 Å². The number of carbonyl (C=O) groups excluding carboxylic acids is 1. The van der Waals surface area contributed by atoms with Crippen LogP contribution in [-0.2, 0) is 4.79 Å². The van der Waals surface area contributed by atoms with Gasteiger partial charge in [0.2, 0.25) is 5.91 Å². The molecule has 0 unspecified atom stereocenters. The molecule has 0 bridgehead atoms. The number of amides is 1. The molecule has 0 radical (unpaired) electrons. The molecular weight excluding hydrogens is 308 g/mol. The van der Waals surface area contributed by atoms with Gasteiger partial charge in [0.15, 0.2) is 0 Å². The minimum Gasteiger partial charge on any atom is -0.378 e. The molecule has 0 spiro atoms. The van der Waals surface area contributed by atoms with E-state index in [2.05, 4.69) is 49.5 Å². The molecule has 0 saturated carbocycles. The van der Waals surface area contributed by atoms with Crippen molar-refractivity contribution < 1.29 is 4.79 Å². The predicted molar refractivity (Wildman–Crippen MR) is 105 cm³/mol. The molecule has 3 rings (SSSR count). The van der Waals surface area contributed by atoms with Crippen LogP contribution in [0.15, 0.2) is 54.6 Å². The van der Waals surface area contributed by atoms with Gasteiger partial charge in [-0.05, 0) is 43.5 Å². The van der Waals surface area contributed by atoms with Crippen LogP contribution in [0.25, 0.3) is 0 Å². The van der Waals surface area contributed by atoms with Crippen LogP contribution in [0.2, 0.25) is 0 Å². The summed E-state index contributed by atoms with van der Waals surface area (Å²) in [6.07, 6.45) is 4.80. The van der Waals surface area contributed by atoms with Gasteiger partial charge in [-0.15, -0.1) is 0 Å². The summed E-state index contributed by atoms with van der Waals surface area (Å²) in [7, 11) is 0. The Balaban J connectivity index is 1.83. The van der Waals surface area contributed by atoms with Gasteiger partial charge >= 0.3 is 0 Å². The molecule has 2 aromatic rings. The van der Waals surface area contributed by atoms with Gasteiger partial charge in [0.05, 0.1) is 6.04 Å².